The van der Waals surface area contributed by atoms with Crippen molar-refractivity contribution in [3.63, 3.8) is 0 Å². The number of rotatable bonds is 2. The fourth-order valence-corrected chi connectivity index (χ4v) is 3.46. The van der Waals surface area contributed by atoms with Gasteiger partial charge in [0, 0.05) is 34.9 Å². The Labute approximate surface area is 115 Å². The summed E-state index contributed by atoms with van der Waals surface area (Å²) in [5.41, 5.74) is 2.63. The van der Waals surface area contributed by atoms with Gasteiger partial charge in [-0.25, -0.2) is 0 Å². The third-order valence-electron chi connectivity index (χ3n) is 2.75. The molecule has 1 nitrogen and oxygen atoms in total. The average Bonchev–Trinajstić information content (AvgIpc) is 2.57. The maximum atomic E-state index is 6.09. The van der Waals surface area contributed by atoms with Crippen LogP contribution in [0.25, 0.3) is 0 Å². The second-order valence-corrected chi connectivity index (χ2v) is 6.08. The van der Waals surface area contributed by atoms with Crippen LogP contribution in [0.15, 0.2) is 18.2 Å². The SMILES string of the molecule is Clc1ccc(CBr)c(N2CCCSCC2)c1. The molecule has 0 radical (unpaired) electrons. The summed E-state index contributed by atoms with van der Waals surface area (Å²) in [6.07, 6.45) is 1.26. The number of halogens is 2. The minimum absolute atomic E-state index is 0.830. The molecular formula is C12H15BrClNS. The van der Waals surface area contributed by atoms with Crippen LogP contribution in [0.1, 0.15) is 12.0 Å². The third-order valence-corrected chi connectivity index (χ3v) is 4.64. The van der Waals surface area contributed by atoms with Gasteiger partial charge >= 0.3 is 0 Å². The second kappa shape index (κ2) is 6.18. The van der Waals surface area contributed by atoms with Crippen molar-refractivity contribution in [2.75, 3.05) is 29.5 Å². The first-order valence-electron chi connectivity index (χ1n) is 5.48. The molecule has 1 fully saturated rings. The summed E-state index contributed by atoms with van der Waals surface area (Å²) in [6.45, 7) is 2.28. The van der Waals surface area contributed by atoms with E-state index in [0.29, 0.717) is 0 Å². The molecular weight excluding hydrogens is 306 g/mol. The van der Waals surface area contributed by atoms with Crippen LogP contribution >= 0.6 is 39.3 Å². The second-order valence-electron chi connectivity index (χ2n) is 3.86. The Morgan fingerprint density at radius 2 is 2.19 bits per heavy atom. The highest BCUT2D eigenvalue weighted by Crippen LogP contribution is 2.28. The maximum Gasteiger partial charge on any atom is 0.0426 e. The number of nitrogens with zero attached hydrogens (tertiary/aromatic N) is 1. The number of hydrogen-bond donors (Lipinski definition) is 0. The van der Waals surface area contributed by atoms with Gasteiger partial charge in [0.05, 0.1) is 0 Å². The number of anilines is 1. The third kappa shape index (κ3) is 3.08. The zero-order chi connectivity index (χ0) is 11.4. The van der Waals surface area contributed by atoms with E-state index in [-0.39, 0.29) is 0 Å². The van der Waals surface area contributed by atoms with Crippen molar-refractivity contribution in [2.24, 2.45) is 0 Å². The van der Waals surface area contributed by atoms with Gasteiger partial charge in [-0.2, -0.15) is 11.8 Å². The van der Waals surface area contributed by atoms with E-state index >= 15 is 0 Å². The van der Waals surface area contributed by atoms with Crippen molar-refractivity contribution in [3.8, 4) is 0 Å². The summed E-state index contributed by atoms with van der Waals surface area (Å²) in [4.78, 5) is 2.46. The molecule has 0 N–H and O–H groups in total. The van der Waals surface area contributed by atoms with E-state index in [1.807, 2.05) is 17.8 Å². The van der Waals surface area contributed by atoms with Crippen LogP contribution in [0.3, 0.4) is 0 Å². The highest BCUT2D eigenvalue weighted by molar-refractivity contribution is 9.08. The molecule has 0 amide bonds. The molecule has 0 atom stereocenters. The standard InChI is InChI=1S/C12H15BrClNS/c13-9-10-2-3-11(14)8-12(10)15-4-1-6-16-7-5-15/h2-3,8H,1,4-7,9H2. The Hall–Kier alpha value is 0.140. The molecule has 0 bridgehead atoms. The van der Waals surface area contributed by atoms with Crippen LogP contribution < -0.4 is 4.90 Å². The molecule has 1 aromatic rings. The Bertz CT molecular complexity index is 351. The molecule has 4 heteroatoms. The normalized spacial score (nSPS) is 17.2. The lowest BCUT2D eigenvalue weighted by molar-refractivity contribution is 0.813. The summed E-state index contributed by atoms with van der Waals surface area (Å²) in [6, 6.07) is 6.17. The monoisotopic (exact) mass is 319 g/mol. The predicted molar refractivity (Wildman–Crippen MR) is 78.2 cm³/mol. The highest BCUT2D eigenvalue weighted by atomic mass is 79.9. The number of alkyl halides is 1. The molecule has 0 aromatic heterocycles. The topological polar surface area (TPSA) is 3.24 Å². The molecule has 0 saturated carbocycles. The van der Waals surface area contributed by atoms with Crippen LogP contribution in [-0.4, -0.2) is 24.6 Å². The largest absolute Gasteiger partial charge is 0.370 e. The van der Waals surface area contributed by atoms with E-state index in [9.17, 15) is 0 Å². The quantitative estimate of drug-likeness (QED) is 0.752. The number of thioether (sulfide) groups is 1. The molecule has 1 aromatic carbocycles. The Morgan fingerprint density at radius 1 is 1.31 bits per heavy atom. The number of hydrogen-bond acceptors (Lipinski definition) is 2. The lowest BCUT2D eigenvalue weighted by atomic mass is 10.1. The van der Waals surface area contributed by atoms with Gasteiger partial charge in [0.15, 0.2) is 0 Å². The van der Waals surface area contributed by atoms with Gasteiger partial charge in [-0.15, -0.1) is 0 Å². The van der Waals surface area contributed by atoms with Crippen molar-refractivity contribution >= 4 is 45.0 Å². The summed E-state index contributed by atoms with van der Waals surface area (Å²) in [5, 5.41) is 1.72. The van der Waals surface area contributed by atoms with E-state index in [1.54, 1.807) is 0 Å². The van der Waals surface area contributed by atoms with Crippen LogP contribution in [-0.2, 0) is 5.33 Å². The summed E-state index contributed by atoms with van der Waals surface area (Å²) < 4.78 is 0. The fraction of sp³-hybridized carbons (Fsp3) is 0.500. The minimum atomic E-state index is 0.830. The van der Waals surface area contributed by atoms with Crippen LogP contribution in [0.2, 0.25) is 5.02 Å². The molecule has 2 rings (SSSR count). The van der Waals surface area contributed by atoms with Crippen molar-refractivity contribution < 1.29 is 0 Å². The van der Waals surface area contributed by atoms with Gasteiger partial charge in [-0.1, -0.05) is 33.6 Å². The Kier molecular flexibility index (Phi) is 4.86. The summed E-state index contributed by atoms with van der Waals surface area (Å²) in [5.74, 6) is 2.49. The first-order valence-corrected chi connectivity index (χ1v) is 8.14. The van der Waals surface area contributed by atoms with E-state index in [4.69, 9.17) is 11.6 Å². The smallest absolute Gasteiger partial charge is 0.0426 e. The Balaban J connectivity index is 2.25. The predicted octanol–water partition coefficient (Wildman–Crippen LogP) is 4.18. The van der Waals surface area contributed by atoms with Crippen molar-refractivity contribution in [3.05, 3.63) is 28.8 Å². The molecule has 0 spiro atoms. The molecule has 1 saturated heterocycles. The lowest BCUT2D eigenvalue weighted by Crippen LogP contribution is -2.26. The van der Waals surface area contributed by atoms with Gasteiger partial charge in [0.25, 0.3) is 0 Å². The van der Waals surface area contributed by atoms with Crippen LogP contribution in [0.4, 0.5) is 5.69 Å². The molecule has 1 aliphatic heterocycles. The van der Waals surface area contributed by atoms with Gasteiger partial charge in [0.1, 0.15) is 0 Å². The van der Waals surface area contributed by atoms with Crippen LogP contribution in [0.5, 0.6) is 0 Å². The molecule has 0 aliphatic carbocycles. The summed E-state index contributed by atoms with van der Waals surface area (Å²) in [7, 11) is 0. The van der Waals surface area contributed by atoms with Gasteiger partial charge in [-0.3, -0.25) is 0 Å². The van der Waals surface area contributed by atoms with Crippen LogP contribution in [0, 0.1) is 0 Å². The first-order chi connectivity index (χ1) is 7.81. The van der Waals surface area contributed by atoms with E-state index in [0.717, 1.165) is 23.4 Å². The molecule has 88 valence electrons. The summed E-state index contributed by atoms with van der Waals surface area (Å²) >= 11 is 11.7. The zero-order valence-corrected chi connectivity index (χ0v) is 12.2. The fourth-order valence-electron chi connectivity index (χ4n) is 1.93. The Morgan fingerprint density at radius 3 is 3.00 bits per heavy atom. The zero-order valence-electron chi connectivity index (χ0n) is 9.09. The van der Waals surface area contributed by atoms with E-state index < -0.39 is 0 Å². The van der Waals surface area contributed by atoms with Crippen molar-refractivity contribution in [1.29, 1.82) is 0 Å². The first kappa shape index (κ1) is 12.6. The van der Waals surface area contributed by atoms with Gasteiger partial charge in [-0.05, 0) is 29.9 Å². The van der Waals surface area contributed by atoms with Gasteiger partial charge in [0.2, 0.25) is 0 Å². The molecule has 1 heterocycles. The number of benzene rings is 1. The molecule has 0 unspecified atom stereocenters. The minimum Gasteiger partial charge on any atom is -0.370 e. The van der Waals surface area contributed by atoms with E-state index in [2.05, 4.69) is 33.0 Å². The lowest BCUT2D eigenvalue weighted by Gasteiger charge is -2.25. The average molecular weight is 321 g/mol. The van der Waals surface area contributed by atoms with E-state index in [1.165, 1.54) is 29.2 Å². The highest BCUT2D eigenvalue weighted by Gasteiger charge is 2.13. The maximum absolute atomic E-state index is 6.09. The van der Waals surface area contributed by atoms with Gasteiger partial charge < -0.3 is 4.90 Å². The van der Waals surface area contributed by atoms with Crippen molar-refractivity contribution in [1.82, 2.24) is 0 Å². The molecule has 1 aliphatic rings. The van der Waals surface area contributed by atoms with Crippen molar-refractivity contribution in [2.45, 2.75) is 11.8 Å². The molecule has 16 heavy (non-hydrogen) atoms.